The van der Waals surface area contributed by atoms with Gasteiger partial charge in [-0.15, -0.1) is 0 Å². The average molecular weight is 407 g/mol. The fourth-order valence-electron chi connectivity index (χ4n) is 3.80. The number of benzene rings is 1. The number of carbonyl (C=O) groups excluding carboxylic acids is 1. The van der Waals surface area contributed by atoms with E-state index in [1.165, 1.54) is 0 Å². The van der Waals surface area contributed by atoms with Gasteiger partial charge in [-0.05, 0) is 47.6 Å². The molecule has 1 aromatic carbocycles. The zero-order valence-corrected chi connectivity index (χ0v) is 17.6. The normalized spacial score (nSPS) is 16.1. The number of carbonyl (C=O) groups is 1. The quantitative estimate of drug-likeness (QED) is 0.518. The number of aromatic nitrogens is 2. The van der Waals surface area contributed by atoms with Crippen molar-refractivity contribution < 1.29 is 4.79 Å². The Morgan fingerprint density at radius 2 is 2.03 bits per heavy atom. The van der Waals surface area contributed by atoms with E-state index in [4.69, 9.17) is 5.73 Å². The van der Waals surface area contributed by atoms with Crippen LogP contribution in [-0.2, 0) is 6.42 Å². The van der Waals surface area contributed by atoms with Crippen molar-refractivity contribution >= 4 is 34.7 Å². The third-order valence-corrected chi connectivity index (χ3v) is 6.43. The average Bonchev–Trinajstić information content (AvgIpc) is 3.06. The van der Waals surface area contributed by atoms with Crippen LogP contribution in [0.3, 0.4) is 0 Å². The van der Waals surface area contributed by atoms with Crippen molar-refractivity contribution in [3.8, 4) is 11.3 Å². The standard InChI is InChI=1S/C23H26N4OS/c1-14(2)29-13-15-10-18-21(19(28)11-15)23(26-17-6-4-3-5-7-17)22(27-18)16-8-9-25-20(24)12-16/h3-9,12,14-15,26-27H,10-11,13H2,1-2H3,(H2,24,25). The van der Waals surface area contributed by atoms with Crippen molar-refractivity contribution in [1.82, 2.24) is 9.97 Å². The van der Waals surface area contributed by atoms with E-state index in [2.05, 4.69) is 29.1 Å². The van der Waals surface area contributed by atoms with Crippen molar-refractivity contribution in [2.45, 2.75) is 31.9 Å². The second-order valence-corrected chi connectivity index (χ2v) is 9.38. The van der Waals surface area contributed by atoms with Gasteiger partial charge in [0, 0.05) is 29.6 Å². The van der Waals surface area contributed by atoms with E-state index < -0.39 is 0 Å². The number of nitrogen functional groups attached to an aromatic ring is 1. The Bertz CT molecular complexity index is 1010. The second kappa shape index (κ2) is 8.33. The van der Waals surface area contributed by atoms with Crippen LogP contribution < -0.4 is 11.1 Å². The molecule has 3 aromatic rings. The Hall–Kier alpha value is -2.73. The molecule has 2 aromatic heterocycles. The number of ketones is 1. The first-order valence-electron chi connectivity index (χ1n) is 9.95. The number of para-hydroxylation sites is 1. The number of rotatable bonds is 6. The number of fused-ring (bicyclic) bond motifs is 1. The van der Waals surface area contributed by atoms with Crippen molar-refractivity contribution in [2.24, 2.45) is 5.92 Å². The maximum absolute atomic E-state index is 13.2. The number of anilines is 3. The highest BCUT2D eigenvalue weighted by molar-refractivity contribution is 7.99. The van der Waals surface area contributed by atoms with Gasteiger partial charge in [0.1, 0.15) is 5.82 Å². The van der Waals surface area contributed by atoms with Crippen molar-refractivity contribution in [1.29, 1.82) is 0 Å². The van der Waals surface area contributed by atoms with E-state index in [0.717, 1.165) is 46.1 Å². The predicted octanol–water partition coefficient (Wildman–Crippen LogP) is 5.29. The highest BCUT2D eigenvalue weighted by atomic mass is 32.2. The van der Waals surface area contributed by atoms with Gasteiger partial charge >= 0.3 is 0 Å². The summed E-state index contributed by atoms with van der Waals surface area (Å²) in [5.74, 6) is 2.02. The van der Waals surface area contributed by atoms with Gasteiger partial charge in [-0.25, -0.2) is 4.98 Å². The number of hydrogen-bond donors (Lipinski definition) is 3. The molecule has 0 bridgehead atoms. The first-order chi connectivity index (χ1) is 14.0. The van der Waals surface area contributed by atoms with Crippen LogP contribution in [0.5, 0.6) is 0 Å². The van der Waals surface area contributed by atoms with Crippen LogP contribution in [0.25, 0.3) is 11.3 Å². The van der Waals surface area contributed by atoms with Crippen molar-refractivity contribution in [2.75, 3.05) is 16.8 Å². The van der Waals surface area contributed by atoms with Crippen LogP contribution in [0.4, 0.5) is 17.2 Å². The summed E-state index contributed by atoms with van der Waals surface area (Å²) in [5.41, 5.74) is 11.3. The van der Waals surface area contributed by atoms with Gasteiger partial charge in [0.2, 0.25) is 0 Å². The van der Waals surface area contributed by atoms with E-state index in [1.54, 1.807) is 6.20 Å². The zero-order valence-electron chi connectivity index (χ0n) is 16.7. The molecule has 5 nitrogen and oxygen atoms in total. The lowest BCUT2D eigenvalue weighted by Crippen LogP contribution is -2.22. The molecule has 1 atom stereocenters. The number of pyridine rings is 1. The minimum Gasteiger partial charge on any atom is -0.384 e. The molecule has 0 amide bonds. The fourth-order valence-corrected chi connectivity index (χ4v) is 4.69. The van der Waals surface area contributed by atoms with Gasteiger partial charge in [0.15, 0.2) is 5.78 Å². The topological polar surface area (TPSA) is 83.8 Å². The molecule has 0 radical (unpaired) electrons. The van der Waals surface area contributed by atoms with Crippen LogP contribution in [-0.4, -0.2) is 26.8 Å². The third kappa shape index (κ3) is 4.32. The number of hydrogen-bond acceptors (Lipinski definition) is 5. The Morgan fingerprint density at radius 3 is 2.76 bits per heavy atom. The van der Waals surface area contributed by atoms with Crippen molar-refractivity contribution in [3.05, 3.63) is 59.9 Å². The lowest BCUT2D eigenvalue weighted by atomic mass is 9.87. The molecule has 1 aliphatic carbocycles. The summed E-state index contributed by atoms with van der Waals surface area (Å²) in [5, 5.41) is 4.05. The lowest BCUT2D eigenvalue weighted by Gasteiger charge is -2.22. The van der Waals surface area contributed by atoms with Gasteiger partial charge in [-0.3, -0.25) is 4.79 Å². The van der Waals surface area contributed by atoms with Gasteiger partial charge in [0.05, 0.1) is 16.9 Å². The molecule has 0 aliphatic heterocycles. The molecule has 0 fully saturated rings. The molecule has 4 rings (SSSR count). The number of nitrogens with two attached hydrogens (primary N) is 1. The van der Waals surface area contributed by atoms with Gasteiger partial charge < -0.3 is 16.0 Å². The molecule has 150 valence electrons. The molecule has 4 N–H and O–H groups in total. The summed E-state index contributed by atoms with van der Waals surface area (Å²) in [6.07, 6.45) is 3.16. The number of nitrogens with one attached hydrogen (secondary N) is 2. The van der Waals surface area contributed by atoms with E-state index in [0.29, 0.717) is 23.4 Å². The Labute approximate surface area is 175 Å². The monoisotopic (exact) mass is 406 g/mol. The molecular weight excluding hydrogens is 380 g/mol. The molecule has 29 heavy (non-hydrogen) atoms. The summed E-state index contributed by atoms with van der Waals surface area (Å²) in [4.78, 5) is 20.8. The highest BCUT2D eigenvalue weighted by Crippen LogP contribution is 2.40. The maximum Gasteiger partial charge on any atom is 0.167 e. The predicted molar refractivity (Wildman–Crippen MR) is 122 cm³/mol. The molecular formula is C23H26N4OS. The van der Waals surface area contributed by atoms with E-state index in [9.17, 15) is 4.79 Å². The number of aromatic amines is 1. The first kappa shape index (κ1) is 19.6. The lowest BCUT2D eigenvalue weighted by molar-refractivity contribution is 0.0955. The summed E-state index contributed by atoms with van der Waals surface area (Å²) in [7, 11) is 0. The smallest absolute Gasteiger partial charge is 0.167 e. The molecule has 1 unspecified atom stereocenters. The van der Waals surface area contributed by atoms with Crippen LogP contribution >= 0.6 is 11.8 Å². The van der Waals surface area contributed by atoms with E-state index in [1.807, 2.05) is 54.2 Å². The molecule has 2 heterocycles. The largest absolute Gasteiger partial charge is 0.384 e. The van der Waals surface area contributed by atoms with Crippen LogP contribution in [0.1, 0.15) is 36.3 Å². The molecule has 1 aliphatic rings. The third-order valence-electron chi connectivity index (χ3n) is 5.10. The molecule has 0 saturated heterocycles. The zero-order chi connectivity index (χ0) is 20.4. The SMILES string of the molecule is CC(C)SCC1CC(=O)c2c([nH]c(-c3ccnc(N)c3)c2Nc2ccccc2)C1. The van der Waals surface area contributed by atoms with Gasteiger partial charge in [-0.1, -0.05) is 32.0 Å². The maximum atomic E-state index is 13.2. The van der Waals surface area contributed by atoms with E-state index in [-0.39, 0.29) is 5.78 Å². The van der Waals surface area contributed by atoms with E-state index >= 15 is 0 Å². The Morgan fingerprint density at radius 1 is 1.24 bits per heavy atom. The number of Topliss-reactive ketones (excluding diaryl/α,β-unsaturated/α-hetero) is 1. The summed E-state index contributed by atoms with van der Waals surface area (Å²) < 4.78 is 0. The Balaban J connectivity index is 1.75. The Kier molecular flexibility index (Phi) is 5.62. The van der Waals surface area contributed by atoms with Crippen LogP contribution in [0, 0.1) is 5.92 Å². The fraction of sp³-hybridized carbons (Fsp3) is 0.304. The molecule has 0 spiro atoms. The second-order valence-electron chi connectivity index (χ2n) is 7.77. The molecule has 6 heteroatoms. The highest BCUT2D eigenvalue weighted by Gasteiger charge is 2.31. The summed E-state index contributed by atoms with van der Waals surface area (Å²) >= 11 is 1.92. The first-order valence-corrected chi connectivity index (χ1v) is 11.0. The minimum atomic E-state index is 0.198. The molecule has 0 saturated carbocycles. The van der Waals surface area contributed by atoms with Gasteiger partial charge in [0.25, 0.3) is 0 Å². The summed E-state index contributed by atoms with van der Waals surface area (Å²) in [6, 6.07) is 13.7. The number of thioether (sulfide) groups is 1. The van der Waals surface area contributed by atoms with Crippen LogP contribution in [0.15, 0.2) is 48.7 Å². The van der Waals surface area contributed by atoms with Crippen molar-refractivity contribution in [3.63, 3.8) is 0 Å². The van der Waals surface area contributed by atoms with Gasteiger partial charge in [-0.2, -0.15) is 11.8 Å². The van der Waals surface area contributed by atoms with Crippen LogP contribution in [0.2, 0.25) is 0 Å². The summed E-state index contributed by atoms with van der Waals surface area (Å²) in [6.45, 7) is 4.40. The number of nitrogens with zero attached hydrogens (tertiary/aromatic N) is 1. The number of H-pyrrole nitrogens is 1. The minimum absolute atomic E-state index is 0.198.